The maximum Gasteiger partial charge on any atom is 0.303 e. The number of carbonyl (C=O) groups is 1. The zero-order valence-corrected chi connectivity index (χ0v) is 18.1. The van der Waals surface area contributed by atoms with Crippen molar-refractivity contribution in [2.75, 3.05) is 4.90 Å². The second kappa shape index (κ2) is 9.62. The van der Waals surface area contributed by atoms with Crippen LogP contribution in [0.2, 0.25) is 0 Å². The lowest BCUT2D eigenvalue weighted by Gasteiger charge is -2.32. The van der Waals surface area contributed by atoms with Gasteiger partial charge in [-0.1, -0.05) is 93.6 Å². The second-order valence-corrected chi connectivity index (χ2v) is 8.94. The summed E-state index contributed by atoms with van der Waals surface area (Å²) in [7, 11) is 0. The Bertz CT molecular complexity index is 904. The molecular weight excluding hydrogens is 370 g/mol. The molecule has 0 saturated carbocycles. The molecule has 0 bridgehead atoms. The van der Waals surface area contributed by atoms with Crippen molar-refractivity contribution in [2.45, 2.75) is 46.2 Å². The van der Waals surface area contributed by atoms with E-state index in [0.717, 1.165) is 24.3 Å². The van der Waals surface area contributed by atoms with E-state index in [0.29, 0.717) is 0 Å². The van der Waals surface area contributed by atoms with E-state index in [-0.39, 0.29) is 17.8 Å². The van der Waals surface area contributed by atoms with Crippen molar-refractivity contribution in [2.24, 2.45) is 5.41 Å². The van der Waals surface area contributed by atoms with Gasteiger partial charge in [-0.3, -0.25) is 4.79 Å². The van der Waals surface area contributed by atoms with Crippen molar-refractivity contribution in [3.05, 3.63) is 102 Å². The summed E-state index contributed by atoms with van der Waals surface area (Å²) in [5.74, 6) is -0.809. The molecule has 156 valence electrons. The lowest BCUT2D eigenvalue weighted by molar-refractivity contribution is -0.138. The summed E-state index contributed by atoms with van der Waals surface area (Å²) in [6, 6.07) is 29.3. The molecule has 1 N–H and O–H groups in total. The third-order valence-corrected chi connectivity index (χ3v) is 5.49. The second-order valence-electron chi connectivity index (χ2n) is 8.94. The van der Waals surface area contributed by atoms with E-state index in [1.165, 1.54) is 11.1 Å². The Kier molecular flexibility index (Phi) is 6.94. The van der Waals surface area contributed by atoms with Crippen molar-refractivity contribution in [1.82, 2.24) is 0 Å². The van der Waals surface area contributed by atoms with E-state index < -0.39 is 5.97 Å². The van der Waals surface area contributed by atoms with E-state index in [9.17, 15) is 9.90 Å². The maximum atomic E-state index is 11.5. The lowest BCUT2D eigenvalue weighted by Crippen LogP contribution is -2.24. The van der Waals surface area contributed by atoms with Gasteiger partial charge in [-0.15, -0.1) is 0 Å². The summed E-state index contributed by atoms with van der Waals surface area (Å²) < 4.78 is 0. The smallest absolute Gasteiger partial charge is 0.303 e. The molecule has 0 spiro atoms. The number of carboxylic acids is 1. The molecule has 0 aliphatic heterocycles. The van der Waals surface area contributed by atoms with Gasteiger partial charge in [-0.25, -0.2) is 0 Å². The molecule has 3 nitrogen and oxygen atoms in total. The van der Waals surface area contributed by atoms with E-state index in [1.54, 1.807) is 0 Å². The highest BCUT2D eigenvalue weighted by Gasteiger charge is 2.29. The van der Waals surface area contributed by atoms with Gasteiger partial charge >= 0.3 is 5.97 Å². The molecule has 0 aliphatic rings. The molecule has 1 atom stereocenters. The van der Waals surface area contributed by atoms with Crippen LogP contribution >= 0.6 is 0 Å². The summed E-state index contributed by atoms with van der Waals surface area (Å²) >= 11 is 0. The molecule has 0 aromatic heterocycles. The normalized spacial score (nSPS) is 12.4. The SMILES string of the molecule is CC(C)(C)[C@H](CC(=O)O)c1cccc(N(Cc2ccccc2)Cc2ccccc2)c1. The Morgan fingerprint density at radius 1 is 0.833 bits per heavy atom. The highest BCUT2D eigenvalue weighted by molar-refractivity contribution is 5.68. The Morgan fingerprint density at radius 3 is 1.83 bits per heavy atom. The summed E-state index contributed by atoms with van der Waals surface area (Å²) in [6.45, 7) is 7.91. The quantitative estimate of drug-likeness (QED) is 0.468. The van der Waals surface area contributed by atoms with Crippen LogP contribution in [0.5, 0.6) is 0 Å². The van der Waals surface area contributed by atoms with Gasteiger partial charge in [0.2, 0.25) is 0 Å². The molecule has 0 unspecified atom stereocenters. The standard InChI is InChI=1S/C27H31NO2/c1-27(2,3)25(18-26(29)30)23-15-10-16-24(17-23)28(19-21-11-6-4-7-12-21)20-22-13-8-5-9-14-22/h4-17,25H,18-20H2,1-3H3,(H,29,30)/t25-/m1/s1. The van der Waals surface area contributed by atoms with Crippen LogP contribution in [0, 0.1) is 5.41 Å². The summed E-state index contributed by atoms with van der Waals surface area (Å²) in [5.41, 5.74) is 4.54. The molecule has 0 radical (unpaired) electrons. The summed E-state index contributed by atoms with van der Waals surface area (Å²) in [5, 5.41) is 9.47. The third-order valence-electron chi connectivity index (χ3n) is 5.49. The maximum absolute atomic E-state index is 11.5. The number of nitrogens with zero attached hydrogens (tertiary/aromatic N) is 1. The minimum absolute atomic E-state index is 0.0507. The molecule has 3 aromatic carbocycles. The molecule has 0 amide bonds. The van der Waals surface area contributed by atoms with Crippen LogP contribution in [0.15, 0.2) is 84.9 Å². The average Bonchev–Trinajstić information content (AvgIpc) is 2.72. The number of hydrogen-bond donors (Lipinski definition) is 1. The summed E-state index contributed by atoms with van der Waals surface area (Å²) in [6.07, 6.45) is 0.129. The first kappa shape index (κ1) is 21.6. The predicted molar refractivity (Wildman–Crippen MR) is 124 cm³/mol. The van der Waals surface area contributed by atoms with Crippen molar-refractivity contribution < 1.29 is 9.90 Å². The predicted octanol–water partition coefficient (Wildman–Crippen LogP) is 6.50. The fourth-order valence-corrected chi connectivity index (χ4v) is 3.88. The molecule has 3 rings (SSSR count). The van der Waals surface area contributed by atoms with Crippen molar-refractivity contribution in [3.63, 3.8) is 0 Å². The molecule has 0 saturated heterocycles. The van der Waals surface area contributed by atoms with E-state index in [2.05, 4.69) is 92.4 Å². The number of anilines is 1. The average molecular weight is 402 g/mol. The van der Waals surface area contributed by atoms with Gasteiger partial charge < -0.3 is 10.0 Å². The largest absolute Gasteiger partial charge is 0.481 e. The zero-order chi connectivity index (χ0) is 21.6. The number of hydrogen-bond acceptors (Lipinski definition) is 2. The fourth-order valence-electron chi connectivity index (χ4n) is 3.88. The molecule has 0 aliphatic carbocycles. The van der Waals surface area contributed by atoms with Crippen LogP contribution in [0.25, 0.3) is 0 Å². The summed E-state index contributed by atoms with van der Waals surface area (Å²) in [4.78, 5) is 13.9. The van der Waals surface area contributed by atoms with E-state index in [4.69, 9.17) is 0 Å². The molecule has 3 heteroatoms. The van der Waals surface area contributed by atoms with Gasteiger partial charge in [0.1, 0.15) is 0 Å². The highest BCUT2D eigenvalue weighted by Crippen LogP contribution is 2.39. The van der Waals surface area contributed by atoms with Gasteiger partial charge in [0.25, 0.3) is 0 Å². The molecular formula is C27H31NO2. The molecule has 0 fully saturated rings. The van der Waals surface area contributed by atoms with Crippen LogP contribution in [0.3, 0.4) is 0 Å². The molecule has 0 heterocycles. The first-order valence-corrected chi connectivity index (χ1v) is 10.5. The van der Waals surface area contributed by atoms with Crippen LogP contribution in [-0.2, 0) is 17.9 Å². The first-order chi connectivity index (χ1) is 14.3. The number of carboxylic acid groups (broad SMARTS) is 1. The van der Waals surface area contributed by atoms with Crippen LogP contribution < -0.4 is 4.90 Å². The Balaban J connectivity index is 1.96. The Labute approximate surface area is 180 Å². The topological polar surface area (TPSA) is 40.5 Å². The lowest BCUT2D eigenvalue weighted by atomic mass is 9.74. The van der Waals surface area contributed by atoms with Crippen LogP contribution in [0.1, 0.15) is 49.8 Å². The van der Waals surface area contributed by atoms with Crippen molar-refractivity contribution in [3.8, 4) is 0 Å². The Morgan fingerprint density at radius 2 is 1.37 bits per heavy atom. The molecule has 3 aromatic rings. The van der Waals surface area contributed by atoms with Gasteiger partial charge in [0.15, 0.2) is 0 Å². The van der Waals surface area contributed by atoms with E-state index in [1.807, 2.05) is 18.2 Å². The van der Waals surface area contributed by atoms with Gasteiger partial charge in [0, 0.05) is 18.8 Å². The van der Waals surface area contributed by atoms with Crippen LogP contribution in [0.4, 0.5) is 5.69 Å². The highest BCUT2D eigenvalue weighted by atomic mass is 16.4. The fraction of sp³-hybridized carbons (Fsp3) is 0.296. The number of rotatable bonds is 8. The van der Waals surface area contributed by atoms with Crippen molar-refractivity contribution in [1.29, 1.82) is 0 Å². The monoisotopic (exact) mass is 401 g/mol. The van der Waals surface area contributed by atoms with Gasteiger partial charge in [0.05, 0.1) is 6.42 Å². The van der Waals surface area contributed by atoms with Gasteiger partial charge in [-0.05, 0) is 40.2 Å². The van der Waals surface area contributed by atoms with Crippen molar-refractivity contribution >= 4 is 11.7 Å². The zero-order valence-electron chi connectivity index (χ0n) is 18.1. The Hall–Kier alpha value is -3.07. The first-order valence-electron chi connectivity index (χ1n) is 10.5. The third kappa shape index (κ3) is 5.96. The van der Waals surface area contributed by atoms with Crippen LogP contribution in [-0.4, -0.2) is 11.1 Å². The van der Waals surface area contributed by atoms with Gasteiger partial charge in [-0.2, -0.15) is 0 Å². The number of aliphatic carboxylic acids is 1. The minimum Gasteiger partial charge on any atom is -0.481 e. The molecule has 30 heavy (non-hydrogen) atoms. The minimum atomic E-state index is -0.759. The van der Waals surface area contributed by atoms with E-state index >= 15 is 0 Å². The number of benzene rings is 3.